The molecule has 0 aliphatic carbocycles. The van der Waals surface area contributed by atoms with E-state index >= 15 is 0 Å². The normalized spacial score (nSPS) is 12.5. The van der Waals surface area contributed by atoms with Crippen LogP contribution in [-0.2, 0) is 6.42 Å². The number of pyridine rings is 1. The van der Waals surface area contributed by atoms with Crippen LogP contribution in [0.15, 0.2) is 30.5 Å². The zero-order chi connectivity index (χ0) is 14.0. The minimum atomic E-state index is -1.14. The number of aliphatic hydroxyl groups excluding tert-OH is 1. The van der Waals surface area contributed by atoms with Gasteiger partial charge in [-0.1, -0.05) is 35.3 Å². The van der Waals surface area contributed by atoms with E-state index < -0.39 is 17.7 Å². The van der Waals surface area contributed by atoms with Crippen LogP contribution >= 0.6 is 23.2 Å². The smallest absolute Gasteiger partial charge is 0.162 e. The third kappa shape index (κ3) is 3.21. The SMILES string of the molecule is OC(Cc1cccc(F)c1F)c1ncc(Cl)cc1Cl. The maximum Gasteiger partial charge on any atom is 0.162 e. The predicted molar refractivity (Wildman–Crippen MR) is 69.3 cm³/mol. The second kappa shape index (κ2) is 5.82. The first-order chi connectivity index (χ1) is 8.99. The fourth-order valence-electron chi connectivity index (χ4n) is 1.68. The summed E-state index contributed by atoms with van der Waals surface area (Å²) in [6, 6.07) is 5.21. The van der Waals surface area contributed by atoms with E-state index in [9.17, 15) is 13.9 Å². The molecule has 0 aliphatic heterocycles. The molecule has 1 aromatic heterocycles. The molecule has 0 radical (unpaired) electrons. The maximum absolute atomic E-state index is 13.5. The quantitative estimate of drug-likeness (QED) is 0.931. The molecule has 100 valence electrons. The largest absolute Gasteiger partial charge is 0.386 e. The van der Waals surface area contributed by atoms with Crippen LogP contribution in [0.2, 0.25) is 10.0 Å². The molecule has 0 saturated carbocycles. The van der Waals surface area contributed by atoms with Crippen molar-refractivity contribution in [2.75, 3.05) is 0 Å². The van der Waals surface area contributed by atoms with E-state index in [-0.39, 0.29) is 22.7 Å². The van der Waals surface area contributed by atoms with Gasteiger partial charge in [-0.25, -0.2) is 8.78 Å². The lowest BCUT2D eigenvalue weighted by atomic mass is 10.0. The van der Waals surface area contributed by atoms with E-state index in [1.165, 1.54) is 24.4 Å². The van der Waals surface area contributed by atoms with E-state index in [1.54, 1.807) is 0 Å². The lowest BCUT2D eigenvalue weighted by Crippen LogP contribution is -2.07. The van der Waals surface area contributed by atoms with Gasteiger partial charge >= 0.3 is 0 Å². The number of nitrogens with zero attached hydrogens (tertiary/aromatic N) is 1. The van der Waals surface area contributed by atoms with Crippen molar-refractivity contribution >= 4 is 23.2 Å². The molecule has 0 bridgehead atoms. The third-order valence-electron chi connectivity index (χ3n) is 2.60. The summed E-state index contributed by atoms with van der Waals surface area (Å²) in [5.41, 5.74) is 0.232. The van der Waals surface area contributed by atoms with Gasteiger partial charge < -0.3 is 5.11 Å². The van der Waals surface area contributed by atoms with Crippen LogP contribution in [0, 0.1) is 11.6 Å². The number of benzene rings is 1. The van der Waals surface area contributed by atoms with E-state index in [1.807, 2.05) is 0 Å². The topological polar surface area (TPSA) is 33.1 Å². The van der Waals surface area contributed by atoms with Crippen molar-refractivity contribution in [3.05, 3.63) is 63.4 Å². The highest BCUT2D eigenvalue weighted by molar-refractivity contribution is 6.34. The van der Waals surface area contributed by atoms with Crippen molar-refractivity contribution in [3.63, 3.8) is 0 Å². The summed E-state index contributed by atoms with van der Waals surface area (Å²) in [7, 11) is 0. The second-order valence-corrected chi connectivity index (χ2v) is 4.80. The minimum absolute atomic E-state index is 0.0558. The summed E-state index contributed by atoms with van der Waals surface area (Å²) in [4.78, 5) is 3.90. The molecule has 1 heterocycles. The van der Waals surface area contributed by atoms with E-state index in [2.05, 4.69) is 4.98 Å². The molecule has 0 spiro atoms. The van der Waals surface area contributed by atoms with Gasteiger partial charge in [0, 0.05) is 12.6 Å². The van der Waals surface area contributed by atoms with Crippen LogP contribution in [0.25, 0.3) is 0 Å². The number of hydrogen-bond acceptors (Lipinski definition) is 2. The average Bonchev–Trinajstić information content (AvgIpc) is 2.34. The monoisotopic (exact) mass is 303 g/mol. The molecule has 2 nitrogen and oxygen atoms in total. The second-order valence-electron chi connectivity index (χ2n) is 3.95. The van der Waals surface area contributed by atoms with E-state index in [0.717, 1.165) is 6.07 Å². The van der Waals surface area contributed by atoms with Gasteiger partial charge in [0.2, 0.25) is 0 Å². The van der Waals surface area contributed by atoms with E-state index in [4.69, 9.17) is 23.2 Å². The molecular weight excluding hydrogens is 295 g/mol. The van der Waals surface area contributed by atoms with Crippen LogP contribution in [0.1, 0.15) is 17.4 Å². The Morgan fingerprint density at radius 2 is 2.00 bits per heavy atom. The Hall–Kier alpha value is -1.23. The number of aliphatic hydroxyl groups is 1. The van der Waals surface area contributed by atoms with Crippen LogP contribution in [0.5, 0.6) is 0 Å². The van der Waals surface area contributed by atoms with Crippen molar-refractivity contribution in [3.8, 4) is 0 Å². The number of aromatic nitrogens is 1. The van der Waals surface area contributed by atoms with Crippen LogP contribution in [0.4, 0.5) is 8.78 Å². The molecule has 0 saturated heterocycles. The highest BCUT2D eigenvalue weighted by Crippen LogP contribution is 2.27. The van der Waals surface area contributed by atoms with Crippen molar-refractivity contribution < 1.29 is 13.9 Å². The van der Waals surface area contributed by atoms with Crippen LogP contribution < -0.4 is 0 Å². The lowest BCUT2D eigenvalue weighted by Gasteiger charge is -2.12. The first kappa shape index (κ1) is 14.2. The first-order valence-corrected chi connectivity index (χ1v) is 6.16. The summed E-state index contributed by atoms with van der Waals surface area (Å²) in [6.45, 7) is 0. The van der Waals surface area contributed by atoms with E-state index in [0.29, 0.717) is 5.02 Å². The van der Waals surface area contributed by atoms with Gasteiger partial charge in [-0.05, 0) is 17.7 Å². The maximum atomic E-state index is 13.5. The highest BCUT2D eigenvalue weighted by atomic mass is 35.5. The molecule has 1 aromatic carbocycles. The molecule has 1 atom stereocenters. The van der Waals surface area contributed by atoms with Gasteiger partial charge in [0.05, 0.1) is 15.7 Å². The highest BCUT2D eigenvalue weighted by Gasteiger charge is 2.17. The van der Waals surface area contributed by atoms with Crippen molar-refractivity contribution in [2.24, 2.45) is 0 Å². The lowest BCUT2D eigenvalue weighted by molar-refractivity contribution is 0.172. The molecule has 0 amide bonds. The molecule has 19 heavy (non-hydrogen) atoms. The average molecular weight is 304 g/mol. The Kier molecular flexibility index (Phi) is 4.34. The standard InChI is InChI=1S/C13H9Cl2F2NO/c14-8-5-9(15)13(18-6-8)11(19)4-7-2-1-3-10(16)12(7)17/h1-3,5-6,11,19H,4H2. The third-order valence-corrected chi connectivity index (χ3v) is 3.11. The van der Waals surface area contributed by atoms with Gasteiger partial charge in [0.25, 0.3) is 0 Å². The fraction of sp³-hybridized carbons (Fsp3) is 0.154. The Balaban J connectivity index is 2.25. The predicted octanol–water partition coefficient (Wildman–Crippen LogP) is 3.94. The first-order valence-electron chi connectivity index (χ1n) is 5.41. The summed E-state index contributed by atoms with van der Waals surface area (Å²) in [6.07, 6.45) is 0.0624. The summed E-state index contributed by atoms with van der Waals surface area (Å²) < 4.78 is 26.5. The van der Waals surface area contributed by atoms with Crippen LogP contribution in [-0.4, -0.2) is 10.1 Å². The number of halogens is 4. The Morgan fingerprint density at radius 3 is 2.68 bits per heavy atom. The van der Waals surface area contributed by atoms with Gasteiger partial charge in [-0.2, -0.15) is 0 Å². The van der Waals surface area contributed by atoms with Crippen molar-refractivity contribution in [1.82, 2.24) is 4.98 Å². The summed E-state index contributed by atoms with van der Waals surface area (Å²) in [5, 5.41) is 10.5. The minimum Gasteiger partial charge on any atom is -0.386 e. The summed E-state index contributed by atoms with van der Waals surface area (Å²) in [5.74, 6) is -1.94. The molecule has 0 fully saturated rings. The zero-order valence-electron chi connectivity index (χ0n) is 9.58. The Bertz CT molecular complexity index is 607. The Morgan fingerprint density at radius 1 is 1.26 bits per heavy atom. The van der Waals surface area contributed by atoms with Crippen molar-refractivity contribution in [2.45, 2.75) is 12.5 Å². The molecular formula is C13H9Cl2F2NO. The molecule has 0 aliphatic rings. The van der Waals surface area contributed by atoms with Gasteiger partial charge in [-0.3, -0.25) is 4.98 Å². The summed E-state index contributed by atoms with van der Waals surface area (Å²) >= 11 is 11.6. The molecule has 2 aromatic rings. The Labute approximate surface area is 118 Å². The van der Waals surface area contributed by atoms with Crippen LogP contribution in [0.3, 0.4) is 0 Å². The van der Waals surface area contributed by atoms with Crippen molar-refractivity contribution in [1.29, 1.82) is 0 Å². The fourth-order valence-corrected chi connectivity index (χ4v) is 2.19. The zero-order valence-corrected chi connectivity index (χ0v) is 11.1. The molecule has 2 rings (SSSR count). The molecule has 6 heteroatoms. The molecule has 1 unspecified atom stereocenters. The number of hydrogen-bond donors (Lipinski definition) is 1. The van der Waals surface area contributed by atoms with Gasteiger partial charge in [0.1, 0.15) is 6.10 Å². The van der Waals surface area contributed by atoms with Gasteiger partial charge in [-0.15, -0.1) is 0 Å². The number of rotatable bonds is 3. The van der Waals surface area contributed by atoms with Gasteiger partial charge in [0.15, 0.2) is 11.6 Å². The molecule has 1 N–H and O–H groups in total.